The number of rotatable bonds is 5. The van der Waals surface area contributed by atoms with Crippen LogP contribution in [0.2, 0.25) is 0 Å². The van der Waals surface area contributed by atoms with Gasteiger partial charge in [-0.1, -0.05) is 0 Å². The molecule has 0 aliphatic heterocycles. The van der Waals surface area contributed by atoms with E-state index >= 15 is 0 Å². The number of halogens is 1. The summed E-state index contributed by atoms with van der Waals surface area (Å²) in [6, 6.07) is 12.5. The van der Waals surface area contributed by atoms with Gasteiger partial charge in [0.05, 0.1) is 0 Å². The topological polar surface area (TPSA) is 46.5 Å². The van der Waals surface area contributed by atoms with Gasteiger partial charge in [0.15, 0.2) is 0 Å². The van der Waals surface area contributed by atoms with Gasteiger partial charge in [0, 0.05) is 0 Å². The fourth-order valence-electron chi connectivity index (χ4n) is 4.02. The molecule has 0 atom stereocenters. The molecule has 5 heteroatoms. The van der Waals surface area contributed by atoms with Crippen LogP contribution in [0.5, 0.6) is 5.75 Å². The van der Waals surface area contributed by atoms with Gasteiger partial charge >= 0.3 is 207 Å². The monoisotopic (exact) mass is 560 g/mol. The van der Waals surface area contributed by atoms with Gasteiger partial charge in [0.2, 0.25) is 0 Å². The van der Waals surface area contributed by atoms with Crippen molar-refractivity contribution in [2.45, 2.75) is 64.9 Å². The SMILES string of the molecule is C/C(C#C[Se]c1cc2c(c(OCc3ccccc3)c1Br)C(C)(C)CCC2(C)C)=C\C(=O)O. The number of aliphatic carboxylic acids is 1. The van der Waals surface area contributed by atoms with Gasteiger partial charge in [-0.15, -0.1) is 0 Å². The Labute approximate surface area is 205 Å². The van der Waals surface area contributed by atoms with E-state index in [1.165, 1.54) is 11.1 Å². The molecule has 1 aliphatic carbocycles. The first-order chi connectivity index (χ1) is 15.0. The van der Waals surface area contributed by atoms with Crippen LogP contribution in [0.1, 0.15) is 64.2 Å². The van der Waals surface area contributed by atoms with Crippen LogP contribution in [0, 0.1) is 10.7 Å². The maximum atomic E-state index is 10.9. The van der Waals surface area contributed by atoms with Gasteiger partial charge < -0.3 is 0 Å². The first-order valence-corrected chi connectivity index (χ1v) is 13.1. The second-order valence-corrected chi connectivity index (χ2v) is 12.0. The number of ether oxygens (including phenoxy) is 1. The minimum atomic E-state index is -0.972. The molecule has 0 saturated carbocycles. The molecule has 168 valence electrons. The van der Waals surface area contributed by atoms with E-state index < -0.39 is 5.97 Å². The number of carbonyl (C=O) groups is 1. The van der Waals surface area contributed by atoms with Crippen LogP contribution >= 0.6 is 15.9 Å². The summed E-state index contributed by atoms with van der Waals surface area (Å²) in [4.78, 5) is 14.1. The molecular weight excluding hydrogens is 531 g/mol. The van der Waals surface area contributed by atoms with Crippen LogP contribution in [0.4, 0.5) is 0 Å². The second-order valence-electron chi connectivity index (χ2n) is 9.48. The Kier molecular flexibility index (Phi) is 7.61. The molecule has 0 aromatic heterocycles. The predicted octanol–water partition coefficient (Wildman–Crippen LogP) is 5.70. The van der Waals surface area contributed by atoms with Crippen LogP contribution in [-0.2, 0) is 22.2 Å². The number of hydrogen-bond donors (Lipinski definition) is 1. The van der Waals surface area contributed by atoms with Crippen molar-refractivity contribution in [2.75, 3.05) is 0 Å². The average Bonchev–Trinajstić information content (AvgIpc) is 2.71. The third-order valence-electron chi connectivity index (χ3n) is 5.94. The molecular formula is C27H29BrO3Se. The number of hydrogen-bond acceptors (Lipinski definition) is 2. The molecule has 0 fully saturated rings. The first kappa shape index (κ1) is 24.6. The Balaban J connectivity index is 2.07. The molecule has 2 aromatic carbocycles. The molecule has 1 aliphatic rings. The van der Waals surface area contributed by atoms with Gasteiger partial charge in [-0.2, -0.15) is 0 Å². The Hall–Kier alpha value is -1.99. The normalized spacial score (nSPS) is 16.5. The number of carboxylic acids is 1. The van der Waals surface area contributed by atoms with Gasteiger partial charge in [0.1, 0.15) is 0 Å². The molecule has 2 aromatic rings. The summed E-state index contributed by atoms with van der Waals surface area (Å²) in [6.45, 7) is 11.4. The molecule has 3 rings (SSSR count). The molecule has 0 amide bonds. The molecule has 0 unspecified atom stereocenters. The predicted molar refractivity (Wildman–Crippen MR) is 135 cm³/mol. The van der Waals surface area contributed by atoms with Crippen molar-refractivity contribution in [3.05, 3.63) is 69.2 Å². The van der Waals surface area contributed by atoms with E-state index in [1.807, 2.05) is 18.2 Å². The fourth-order valence-corrected chi connectivity index (χ4v) is 6.30. The van der Waals surface area contributed by atoms with E-state index in [4.69, 9.17) is 9.84 Å². The van der Waals surface area contributed by atoms with Crippen LogP contribution in [0.3, 0.4) is 0 Å². The van der Waals surface area contributed by atoms with E-state index in [0.717, 1.165) is 39.2 Å². The molecule has 1 N–H and O–H groups in total. The summed E-state index contributed by atoms with van der Waals surface area (Å²) >= 11 is 3.70. The van der Waals surface area contributed by atoms with E-state index in [-0.39, 0.29) is 25.8 Å². The number of allylic oxidation sites excluding steroid dienone is 1. The number of fused-ring (bicyclic) bond motifs is 1. The summed E-state index contributed by atoms with van der Waals surface area (Å²) in [5.41, 5.74) is 4.36. The summed E-state index contributed by atoms with van der Waals surface area (Å²) in [7, 11) is 0. The molecule has 3 nitrogen and oxygen atoms in total. The van der Waals surface area contributed by atoms with E-state index in [9.17, 15) is 4.79 Å². The van der Waals surface area contributed by atoms with Crippen molar-refractivity contribution in [1.82, 2.24) is 0 Å². The van der Waals surface area contributed by atoms with Gasteiger partial charge in [-0.3, -0.25) is 0 Å². The van der Waals surface area contributed by atoms with Crippen molar-refractivity contribution in [3.63, 3.8) is 0 Å². The van der Waals surface area contributed by atoms with Crippen LogP contribution in [0.15, 0.2) is 52.5 Å². The maximum absolute atomic E-state index is 10.9. The number of benzene rings is 2. The van der Waals surface area contributed by atoms with Gasteiger partial charge in [-0.05, 0) is 0 Å². The quantitative estimate of drug-likeness (QED) is 0.290. The zero-order valence-corrected chi connectivity index (χ0v) is 22.5. The minimum absolute atomic E-state index is 0.0113. The Morgan fingerprint density at radius 1 is 1.19 bits per heavy atom. The summed E-state index contributed by atoms with van der Waals surface area (Å²) < 4.78 is 8.59. The zero-order valence-electron chi connectivity index (χ0n) is 19.2. The van der Waals surface area contributed by atoms with Crippen molar-refractivity contribution in [3.8, 4) is 16.5 Å². The molecule has 0 saturated heterocycles. The van der Waals surface area contributed by atoms with Crippen molar-refractivity contribution in [2.24, 2.45) is 0 Å². The molecule has 0 bridgehead atoms. The molecule has 32 heavy (non-hydrogen) atoms. The second kappa shape index (κ2) is 9.87. The fraction of sp³-hybridized carbons (Fsp3) is 0.370. The van der Waals surface area contributed by atoms with E-state index in [2.05, 4.69) is 72.6 Å². The zero-order chi connectivity index (χ0) is 23.5. The van der Waals surface area contributed by atoms with Crippen LogP contribution < -0.4 is 9.20 Å². The van der Waals surface area contributed by atoms with E-state index in [1.54, 1.807) is 6.92 Å². The summed E-state index contributed by atoms with van der Waals surface area (Å²) in [5.74, 6) is 2.93. The first-order valence-electron chi connectivity index (χ1n) is 10.6. The van der Waals surface area contributed by atoms with Crippen LogP contribution in [-0.4, -0.2) is 26.0 Å². The molecule has 0 heterocycles. The molecule has 0 spiro atoms. The summed E-state index contributed by atoms with van der Waals surface area (Å²) in [5, 5.41) is 8.91. The van der Waals surface area contributed by atoms with Crippen molar-refractivity contribution >= 4 is 41.3 Å². The third-order valence-corrected chi connectivity index (χ3v) is 8.89. The van der Waals surface area contributed by atoms with Crippen LogP contribution in [0.25, 0.3) is 0 Å². The third kappa shape index (κ3) is 5.67. The Morgan fingerprint density at radius 2 is 1.84 bits per heavy atom. The number of carboxylic acid groups (broad SMARTS) is 1. The van der Waals surface area contributed by atoms with Crippen molar-refractivity contribution in [1.29, 1.82) is 0 Å². The summed E-state index contributed by atoms with van der Waals surface area (Å²) in [6.07, 6.45) is 3.36. The van der Waals surface area contributed by atoms with E-state index in [0.29, 0.717) is 12.2 Å². The van der Waals surface area contributed by atoms with Gasteiger partial charge in [0.25, 0.3) is 0 Å². The Morgan fingerprint density at radius 3 is 2.50 bits per heavy atom. The van der Waals surface area contributed by atoms with Crippen molar-refractivity contribution < 1.29 is 14.6 Å². The molecule has 0 radical (unpaired) electrons. The average molecular weight is 560 g/mol. The standard InChI is InChI=1S/C27H29BrO3Se/c1-18(15-22(29)30)11-14-32-21-16-20-23(27(4,5)13-12-26(20,2)3)25(24(21)28)31-17-19-9-7-6-8-10-19/h6-10,15-16H,12-13,17H2,1-5H3,(H,29,30)/b18-15+. The van der Waals surface area contributed by atoms with Gasteiger partial charge in [-0.25, -0.2) is 0 Å². The Bertz CT molecular complexity index is 1110.